The van der Waals surface area contributed by atoms with Gasteiger partial charge in [0.25, 0.3) is 0 Å². The van der Waals surface area contributed by atoms with Gasteiger partial charge in [-0.3, -0.25) is 9.69 Å². The molecule has 1 saturated heterocycles. The fourth-order valence-corrected chi connectivity index (χ4v) is 3.17. The summed E-state index contributed by atoms with van der Waals surface area (Å²) in [6.45, 7) is 2.18. The van der Waals surface area contributed by atoms with E-state index in [1.807, 2.05) is 0 Å². The van der Waals surface area contributed by atoms with Gasteiger partial charge in [0.05, 0.1) is 22.3 Å². The topological polar surface area (TPSA) is 78.6 Å². The van der Waals surface area contributed by atoms with Gasteiger partial charge in [0.2, 0.25) is 5.91 Å². The van der Waals surface area contributed by atoms with E-state index in [-0.39, 0.29) is 12.5 Å². The number of carbonyl (C=O) groups excluding carboxylic acids is 1. The number of nitrogens with zero attached hydrogens (tertiary/aromatic N) is 1. The number of hydrogen-bond acceptors (Lipinski definition) is 4. The highest BCUT2D eigenvalue weighted by Gasteiger charge is 2.24. The summed E-state index contributed by atoms with van der Waals surface area (Å²) in [6, 6.07) is 3.10. The van der Waals surface area contributed by atoms with E-state index in [1.54, 1.807) is 12.1 Å². The second-order valence-electron chi connectivity index (χ2n) is 5.31. The van der Waals surface area contributed by atoms with Crippen molar-refractivity contribution in [3.05, 3.63) is 22.2 Å². The minimum Gasteiger partial charge on any atom is -0.399 e. The minimum atomic E-state index is -0.159. The molecular weight excluding hydrogens is 313 g/mol. The van der Waals surface area contributed by atoms with Gasteiger partial charge in [0.1, 0.15) is 0 Å². The first-order valence-electron chi connectivity index (χ1n) is 6.87. The van der Waals surface area contributed by atoms with Crippen LogP contribution in [0, 0.1) is 5.92 Å². The van der Waals surface area contributed by atoms with Gasteiger partial charge in [0.15, 0.2) is 0 Å². The lowest BCUT2D eigenvalue weighted by atomic mass is 10.1. The van der Waals surface area contributed by atoms with Crippen molar-refractivity contribution < 1.29 is 9.90 Å². The molecule has 0 aliphatic carbocycles. The molecule has 1 atom stereocenters. The highest BCUT2D eigenvalue weighted by Crippen LogP contribution is 2.32. The average Bonchev–Trinajstić information content (AvgIpc) is 2.81. The number of anilines is 2. The van der Waals surface area contributed by atoms with E-state index in [1.165, 1.54) is 0 Å². The van der Waals surface area contributed by atoms with Crippen molar-refractivity contribution in [2.45, 2.75) is 12.8 Å². The quantitative estimate of drug-likeness (QED) is 0.723. The SMILES string of the molecule is Nc1cc(Cl)c(NC(=O)CN2CCC(CCO)C2)c(Cl)c1. The molecular formula is C14H19Cl2N3O2. The van der Waals surface area contributed by atoms with Gasteiger partial charge >= 0.3 is 0 Å². The summed E-state index contributed by atoms with van der Waals surface area (Å²) < 4.78 is 0. The van der Waals surface area contributed by atoms with Crippen LogP contribution in [0.3, 0.4) is 0 Å². The number of carbonyl (C=O) groups is 1. The maximum Gasteiger partial charge on any atom is 0.238 e. The predicted octanol–water partition coefficient (Wildman–Crippen LogP) is 2.22. The molecule has 7 heteroatoms. The number of aliphatic hydroxyl groups excluding tert-OH is 1. The molecule has 0 aromatic heterocycles. The molecule has 4 N–H and O–H groups in total. The highest BCUT2D eigenvalue weighted by molar-refractivity contribution is 6.40. The molecule has 1 unspecified atom stereocenters. The van der Waals surface area contributed by atoms with Crippen molar-refractivity contribution in [3.63, 3.8) is 0 Å². The van der Waals surface area contributed by atoms with Gasteiger partial charge in [-0.25, -0.2) is 0 Å². The molecule has 0 saturated carbocycles. The Balaban J connectivity index is 1.91. The van der Waals surface area contributed by atoms with E-state index in [2.05, 4.69) is 10.2 Å². The maximum absolute atomic E-state index is 12.1. The summed E-state index contributed by atoms with van der Waals surface area (Å²) in [5, 5.41) is 12.3. The number of nitrogens with one attached hydrogen (secondary N) is 1. The van der Waals surface area contributed by atoms with E-state index >= 15 is 0 Å². The molecule has 1 amide bonds. The van der Waals surface area contributed by atoms with E-state index < -0.39 is 0 Å². The largest absolute Gasteiger partial charge is 0.399 e. The summed E-state index contributed by atoms with van der Waals surface area (Å²) in [5.74, 6) is 0.305. The van der Waals surface area contributed by atoms with Crippen LogP contribution in [-0.4, -0.2) is 42.2 Å². The van der Waals surface area contributed by atoms with Gasteiger partial charge in [-0.1, -0.05) is 23.2 Å². The first-order valence-corrected chi connectivity index (χ1v) is 7.62. The summed E-state index contributed by atoms with van der Waals surface area (Å²) in [7, 11) is 0. The average molecular weight is 332 g/mol. The van der Waals surface area contributed by atoms with Crippen LogP contribution < -0.4 is 11.1 Å². The Bertz CT molecular complexity index is 502. The Morgan fingerprint density at radius 2 is 2.10 bits per heavy atom. The third kappa shape index (κ3) is 4.48. The van der Waals surface area contributed by atoms with Crippen molar-refractivity contribution in [2.75, 3.05) is 37.3 Å². The lowest BCUT2D eigenvalue weighted by Crippen LogP contribution is -2.31. The Hall–Kier alpha value is -1.01. The molecule has 5 nitrogen and oxygen atoms in total. The van der Waals surface area contributed by atoms with Crippen LogP contribution in [0.2, 0.25) is 10.0 Å². The molecule has 21 heavy (non-hydrogen) atoms. The number of hydrogen-bond donors (Lipinski definition) is 3. The minimum absolute atomic E-state index is 0.159. The van der Waals surface area contributed by atoms with Gasteiger partial charge in [-0.2, -0.15) is 0 Å². The second-order valence-corrected chi connectivity index (χ2v) is 6.12. The van der Waals surface area contributed by atoms with Crippen LogP contribution in [-0.2, 0) is 4.79 Å². The van der Waals surface area contributed by atoms with Gasteiger partial charge < -0.3 is 16.2 Å². The first kappa shape index (κ1) is 16.4. The van der Waals surface area contributed by atoms with Gasteiger partial charge in [-0.05, 0) is 37.4 Å². The number of likely N-dealkylation sites (tertiary alicyclic amines) is 1. The Morgan fingerprint density at radius 3 is 2.71 bits per heavy atom. The molecule has 1 fully saturated rings. The normalized spacial score (nSPS) is 18.9. The number of aliphatic hydroxyl groups is 1. The number of rotatable bonds is 5. The van der Waals surface area contributed by atoms with Crippen LogP contribution in [0.1, 0.15) is 12.8 Å². The first-order chi connectivity index (χ1) is 9.99. The van der Waals surface area contributed by atoms with E-state index in [0.29, 0.717) is 33.9 Å². The molecule has 1 aliphatic heterocycles. The molecule has 1 heterocycles. The van der Waals surface area contributed by atoms with Crippen LogP contribution in [0.15, 0.2) is 12.1 Å². The van der Waals surface area contributed by atoms with Gasteiger partial charge in [-0.15, -0.1) is 0 Å². The molecule has 1 aromatic rings. The van der Waals surface area contributed by atoms with Crippen LogP contribution in [0.25, 0.3) is 0 Å². The summed E-state index contributed by atoms with van der Waals surface area (Å²) in [6.07, 6.45) is 1.80. The maximum atomic E-state index is 12.1. The van der Waals surface area contributed by atoms with Crippen molar-refractivity contribution in [1.82, 2.24) is 4.90 Å². The third-order valence-corrected chi connectivity index (χ3v) is 4.20. The molecule has 0 spiro atoms. The number of amides is 1. The van der Waals surface area contributed by atoms with Crippen molar-refractivity contribution in [2.24, 2.45) is 5.92 Å². The van der Waals surface area contributed by atoms with E-state index in [4.69, 9.17) is 34.0 Å². The lowest BCUT2D eigenvalue weighted by Gasteiger charge is -2.16. The highest BCUT2D eigenvalue weighted by atomic mass is 35.5. The van der Waals surface area contributed by atoms with Crippen molar-refractivity contribution in [3.8, 4) is 0 Å². The standard InChI is InChI=1S/C14H19Cl2N3O2/c15-11-5-10(17)6-12(16)14(11)18-13(21)8-19-3-1-9(7-19)2-4-20/h5-6,9,20H,1-4,7-8,17H2,(H,18,21). The summed E-state index contributed by atoms with van der Waals surface area (Å²) >= 11 is 12.1. The molecule has 0 radical (unpaired) electrons. The van der Waals surface area contributed by atoms with Crippen molar-refractivity contribution in [1.29, 1.82) is 0 Å². The number of benzene rings is 1. The molecule has 116 valence electrons. The Labute approximate surface area is 134 Å². The monoisotopic (exact) mass is 331 g/mol. The molecule has 1 aliphatic rings. The zero-order valence-corrected chi connectivity index (χ0v) is 13.1. The molecule has 1 aromatic carbocycles. The van der Waals surface area contributed by atoms with Gasteiger partial charge in [0, 0.05) is 18.8 Å². The van der Waals surface area contributed by atoms with E-state index in [0.717, 1.165) is 25.9 Å². The molecule has 2 rings (SSSR count). The van der Waals surface area contributed by atoms with Crippen molar-refractivity contribution >= 4 is 40.5 Å². The van der Waals surface area contributed by atoms with Crippen LogP contribution in [0.4, 0.5) is 11.4 Å². The number of nitrogens with two attached hydrogens (primary N) is 1. The number of nitrogen functional groups attached to an aromatic ring is 1. The van der Waals surface area contributed by atoms with E-state index in [9.17, 15) is 4.79 Å². The zero-order chi connectivity index (χ0) is 15.4. The number of halogens is 2. The fraction of sp³-hybridized carbons (Fsp3) is 0.500. The fourth-order valence-electron chi connectivity index (χ4n) is 2.57. The Kier molecular flexibility index (Phi) is 5.70. The zero-order valence-electron chi connectivity index (χ0n) is 11.6. The predicted molar refractivity (Wildman–Crippen MR) is 85.8 cm³/mol. The Morgan fingerprint density at radius 1 is 1.43 bits per heavy atom. The lowest BCUT2D eigenvalue weighted by molar-refractivity contribution is -0.117. The second kappa shape index (κ2) is 7.31. The molecule has 0 bridgehead atoms. The van der Waals surface area contributed by atoms with Crippen LogP contribution >= 0.6 is 23.2 Å². The summed E-state index contributed by atoms with van der Waals surface area (Å²) in [4.78, 5) is 14.1. The smallest absolute Gasteiger partial charge is 0.238 e. The third-order valence-electron chi connectivity index (χ3n) is 3.60. The van der Waals surface area contributed by atoms with Crippen LogP contribution in [0.5, 0.6) is 0 Å². The summed E-state index contributed by atoms with van der Waals surface area (Å²) in [5.41, 5.74) is 6.47.